The fourth-order valence-corrected chi connectivity index (χ4v) is 4.84. The molecule has 30 heavy (non-hydrogen) atoms. The average Bonchev–Trinajstić information content (AvgIpc) is 3.42. The van der Waals surface area contributed by atoms with Crippen LogP contribution in [-0.2, 0) is 0 Å². The van der Waals surface area contributed by atoms with Gasteiger partial charge in [0.25, 0.3) is 5.56 Å². The van der Waals surface area contributed by atoms with E-state index in [9.17, 15) is 9.59 Å². The van der Waals surface area contributed by atoms with Crippen molar-refractivity contribution in [1.29, 1.82) is 0 Å². The highest BCUT2D eigenvalue weighted by Crippen LogP contribution is 2.47. The first-order valence-corrected chi connectivity index (χ1v) is 9.91. The second-order valence-corrected chi connectivity index (χ2v) is 9.06. The Labute approximate surface area is 180 Å². The minimum Gasteiger partial charge on any atom is -0.492 e. The second kappa shape index (κ2) is 7.46. The first kappa shape index (κ1) is 22.4. The van der Waals surface area contributed by atoms with E-state index in [1.165, 1.54) is 7.11 Å². The third-order valence-electron chi connectivity index (χ3n) is 6.42. The number of rotatable bonds is 4. The lowest BCUT2D eigenvalue weighted by atomic mass is 9.78. The zero-order valence-corrected chi connectivity index (χ0v) is 18.5. The van der Waals surface area contributed by atoms with Gasteiger partial charge in [0.05, 0.1) is 18.9 Å². The molecule has 1 aliphatic carbocycles. The normalized spacial score (nSPS) is 21.5. The van der Waals surface area contributed by atoms with E-state index in [4.69, 9.17) is 16.3 Å². The van der Waals surface area contributed by atoms with Gasteiger partial charge < -0.3 is 21.2 Å². The molecular formula is C20H29ClFN5O3. The molecule has 2 fully saturated rings. The molecule has 166 valence electrons. The van der Waals surface area contributed by atoms with Crippen LogP contribution < -0.4 is 32.5 Å². The molecule has 4 N–H and O–H groups in total. The van der Waals surface area contributed by atoms with Gasteiger partial charge in [-0.25, -0.2) is 9.18 Å². The summed E-state index contributed by atoms with van der Waals surface area (Å²) in [6.07, 6.45) is 2.75. The number of pyridine rings is 1. The molecule has 2 atom stereocenters. The Morgan fingerprint density at radius 1 is 1.30 bits per heavy atom. The van der Waals surface area contributed by atoms with Crippen molar-refractivity contribution in [3.8, 4) is 5.75 Å². The number of nitrogen functional groups attached to an aromatic ring is 1. The summed E-state index contributed by atoms with van der Waals surface area (Å²) < 4.78 is 22.6. The summed E-state index contributed by atoms with van der Waals surface area (Å²) >= 11 is 0. The van der Waals surface area contributed by atoms with Crippen molar-refractivity contribution in [3.05, 3.63) is 38.4 Å². The molecule has 0 spiro atoms. The number of anilines is 1. The van der Waals surface area contributed by atoms with Crippen LogP contribution >= 0.6 is 12.4 Å². The van der Waals surface area contributed by atoms with Crippen LogP contribution in [0, 0.1) is 17.2 Å². The smallest absolute Gasteiger partial charge is 0.354 e. The fourth-order valence-electron chi connectivity index (χ4n) is 4.84. The number of nitrogens with two attached hydrogens (primary N) is 2. The molecule has 0 bridgehead atoms. The second-order valence-electron chi connectivity index (χ2n) is 9.06. The van der Waals surface area contributed by atoms with Crippen LogP contribution in [0.4, 0.5) is 10.1 Å². The number of aromatic nitrogens is 2. The van der Waals surface area contributed by atoms with E-state index >= 15 is 4.39 Å². The average molecular weight is 442 g/mol. The molecule has 1 aliphatic heterocycles. The molecule has 2 unspecified atom stereocenters. The number of ether oxygens (including phenoxy) is 1. The van der Waals surface area contributed by atoms with Gasteiger partial charge in [0.2, 0.25) is 0 Å². The largest absolute Gasteiger partial charge is 0.492 e. The van der Waals surface area contributed by atoms with Gasteiger partial charge in [-0.15, -0.1) is 12.4 Å². The van der Waals surface area contributed by atoms with E-state index in [0.29, 0.717) is 28.8 Å². The number of hydrogen-bond acceptors (Lipinski definition) is 6. The molecule has 1 saturated heterocycles. The molecule has 1 saturated carbocycles. The maximum atomic E-state index is 15.3. The van der Waals surface area contributed by atoms with Crippen molar-refractivity contribution in [2.24, 2.45) is 17.1 Å². The molecule has 0 amide bonds. The van der Waals surface area contributed by atoms with Crippen LogP contribution in [0.5, 0.6) is 5.75 Å². The Bertz CT molecular complexity index is 1110. The number of fused-ring (bicyclic) bond motifs is 1. The van der Waals surface area contributed by atoms with Crippen LogP contribution in [0.1, 0.15) is 45.1 Å². The minimum absolute atomic E-state index is 0. The maximum Gasteiger partial charge on any atom is 0.354 e. The standard InChI is InChI=1S/C20H28FN5O3.ClH/c1-10(22)12-7-24(9-20(12,2)3)15-13(21)8-25-16(17(15)29-4)14(11-5-6-11)18(27)26(23)19(25)28;/h8,10-12H,5-7,9,22-23H2,1-4H3;1H. The summed E-state index contributed by atoms with van der Waals surface area (Å²) in [7, 11) is 1.43. The zero-order chi connectivity index (χ0) is 21.2. The summed E-state index contributed by atoms with van der Waals surface area (Å²) in [6, 6.07) is -0.0569. The van der Waals surface area contributed by atoms with E-state index in [2.05, 4.69) is 13.8 Å². The van der Waals surface area contributed by atoms with E-state index in [-0.39, 0.29) is 47.1 Å². The number of halogens is 2. The lowest BCUT2D eigenvalue weighted by Crippen LogP contribution is -2.44. The molecule has 2 aliphatic rings. The van der Waals surface area contributed by atoms with Gasteiger partial charge in [-0.2, -0.15) is 4.68 Å². The van der Waals surface area contributed by atoms with Crippen molar-refractivity contribution in [3.63, 3.8) is 0 Å². The Morgan fingerprint density at radius 2 is 1.93 bits per heavy atom. The summed E-state index contributed by atoms with van der Waals surface area (Å²) in [6.45, 7) is 7.32. The number of methoxy groups -OCH3 is 1. The van der Waals surface area contributed by atoms with Crippen molar-refractivity contribution in [2.75, 3.05) is 30.9 Å². The Balaban J connectivity index is 0.00000256. The van der Waals surface area contributed by atoms with Gasteiger partial charge in [0.1, 0.15) is 11.2 Å². The Kier molecular flexibility index (Phi) is 5.57. The predicted octanol–water partition coefficient (Wildman–Crippen LogP) is 1.43. The van der Waals surface area contributed by atoms with Gasteiger partial charge in [0, 0.05) is 19.1 Å². The Morgan fingerprint density at radius 3 is 2.43 bits per heavy atom. The topological polar surface area (TPSA) is 108 Å². The van der Waals surface area contributed by atoms with E-state index in [0.717, 1.165) is 23.4 Å². The van der Waals surface area contributed by atoms with Crippen molar-refractivity contribution in [1.82, 2.24) is 9.08 Å². The monoisotopic (exact) mass is 441 g/mol. The zero-order valence-electron chi connectivity index (χ0n) is 17.6. The van der Waals surface area contributed by atoms with Gasteiger partial charge in [-0.3, -0.25) is 9.20 Å². The number of hydrogen-bond donors (Lipinski definition) is 2. The first-order valence-electron chi connectivity index (χ1n) is 9.91. The molecule has 2 aromatic rings. The first-order chi connectivity index (χ1) is 13.6. The van der Waals surface area contributed by atoms with Crippen molar-refractivity contribution in [2.45, 2.75) is 45.6 Å². The van der Waals surface area contributed by atoms with E-state index in [1.807, 2.05) is 11.8 Å². The minimum atomic E-state index is -0.798. The lowest BCUT2D eigenvalue weighted by Gasteiger charge is -2.28. The third-order valence-corrected chi connectivity index (χ3v) is 6.42. The summed E-state index contributed by atoms with van der Waals surface area (Å²) in [5, 5.41) is 0. The van der Waals surface area contributed by atoms with Gasteiger partial charge in [-0.05, 0) is 37.0 Å². The fraction of sp³-hybridized carbons (Fsp3) is 0.600. The predicted molar refractivity (Wildman–Crippen MR) is 117 cm³/mol. The number of nitrogens with zero attached hydrogens (tertiary/aromatic N) is 3. The summed E-state index contributed by atoms with van der Waals surface area (Å²) in [5.74, 6) is 5.43. The summed E-state index contributed by atoms with van der Waals surface area (Å²) in [4.78, 5) is 27.3. The highest BCUT2D eigenvalue weighted by atomic mass is 35.5. The van der Waals surface area contributed by atoms with Gasteiger partial charge >= 0.3 is 5.69 Å². The van der Waals surface area contributed by atoms with Crippen LogP contribution in [0.3, 0.4) is 0 Å². The quantitative estimate of drug-likeness (QED) is 0.695. The summed E-state index contributed by atoms with van der Waals surface area (Å²) in [5.41, 5.74) is 5.69. The highest BCUT2D eigenvalue weighted by Gasteiger charge is 2.43. The molecule has 8 nitrogen and oxygen atoms in total. The van der Waals surface area contributed by atoms with Crippen LogP contribution in [0.15, 0.2) is 15.8 Å². The third kappa shape index (κ3) is 3.24. The lowest BCUT2D eigenvalue weighted by molar-refractivity contribution is 0.256. The molecule has 3 heterocycles. The molecule has 4 rings (SSSR count). The van der Waals surface area contributed by atoms with Gasteiger partial charge in [-0.1, -0.05) is 13.8 Å². The van der Waals surface area contributed by atoms with Crippen LogP contribution in [0.25, 0.3) is 5.52 Å². The van der Waals surface area contributed by atoms with Crippen molar-refractivity contribution < 1.29 is 9.13 Å². The van der Waals surface area contributed by atoms with Gasteiger partial charge in [0.15, 0.2) is 11.6 Å². The van der Waals surface area contributed by atoms with E-state index < -0.39 is 17.1 Å². The van der Waals surface area contributed by atoms with Crippen LogP contribution in [-0.4, -0.2) is 35.3 Å². The SMILES string of the molecule is COc1c(N2CC(C(C)N)C(C)(C)C2)c(F)cn2c(=O)n(N)c(=O)c(C3CC3)c12.Cl. The highest BCUT2D eigenvalue weighted by molar-refractivity contribution is 5.85. The molecule has 2 aromatic heterocycles. The molecule has 10 heteroatoms. The van der Waals surface area contributed by atoms with Crippen molar-refractivity contribution >= 4 is 23.6 Å². The Hall–Kier alpha value is -2.26. The molecule has 0 aromatic carbocycles. The van der Waals surface area contributed by atoms with E-state index in [1.54, 1.807) is 0 Å². The molecule has 0 radical (unpaired) electrons. The van der Waals surface area contributed by atoms with Crippen LogP contribution in [0.2, 0.25) is 0 Å². The maximum absolute atomic E-state index is 15.3. The molecular weight excluding hydrogens is 413 g/mol.